The molecule has 2 aromatic heterocycles. The Bertz CT molecular complexity index is 2470. The Morgan fingerprint density at radius 2 is 0.845 bits per heavy atom. The Kier molecular flexibility index (Phi) is 9.36. The Labute approximate surface area is 338 Å². The van der Waals surface area contributed by atoms with E-state index in [1.807, 2.05) is 27.7 Å². The van der Waals surface area contributed by atoms with Crippen molar-refractivity contribution in [2.75, 3.05) is 0 Å². The molecule has 2 aliphatic heterocycles. The van der Waals surface area contributed by atoms with Crippen LogP contribution >= 0.6 is 0 Å². The molecule has 0 fully saturated rings. The standard InChI is InChI=1S/C48H54O10/c1-17-43(5,6)25-21-23-33(49)27-35(51)29(47(13,14)57-39(27)31(45(9,10)19-3)37(23)55-41(25)53)30-36(52)28-34(50)24-22-26(44(7,8)18-2)42(54)56-38(24)32(46(11,12)20-4)40(28)58-48(30,15)16/h17-22,29-30,49-50H,1-4H2,5-16H3/t29-,30-/m0/s1. The van der Waals surface area contributed by atoms with Crippen molar-refractivity contribution in [2.45, 2.75) is 116 Å². The van der Waals surface area contributed by atoms with Gasteiger partial charge in [0.2, 0.25) is 0 Å². The van der Waals surface area contributed by atoms with Crippen LogP contribution in [-0.4, -0.2) is 33.0 Å². The Balaban J connectivity index is 1.69. The minimum atomic E-state index is -1.46. The van der Waals surface area contributed by atoms with Gasteiger partial charge in [-0.15, -0.1) is 26.3 Å². The zero-order valence-electron chi connectivity index (χ0n) is 35.6. The summed E-state index contributed by atoms with van der Waals surface area (Å²) in [5.74, 6) is -4.80. The highest BCUT2D eigenvalue weighted by Crippen LogP contribution is 2.58. The van der Waals surface area contributed by atoms with Crippen LogP contribution in [0.3, 0.4) is 0 Å². The van der Waals surface area contributed by atoms with E-state index >= 15 is 9.59 Å². The van der Waals surface area contributed by atoms with Crippen LogP contribution in [0.2, 0.25) is 0 Å². The summed E-state index contributed by atoms with van der Waals surface area (Å²) in [5, 5.41) is 24.5. The summed E-state index contributed by atoms with van der Waals surface area (Å²) >= 11 is 0. The topological polar surface area (TPSA) is 153 Å². The third-order valence-electron chi connectivity index (χ3n) is 12.6. The minimum Gasteiger partial charge on any atom is -0.506 e. The Hall–Kier alpha value is -5.64. The second-order valence-corrected chi connectivity index (χ2v) is 19.0. The highest BCUT2D eigenvalue weighted by molar-refractivity contribution is 6.16. The fourth-order valence-electron chi connectivity index (χ4n) is 8.46. The van der Waals surface area contributed by atoms with Crippen molar-refractivity contribution in [1.29, 1.82) is 0 Å². The summed E-state index contributed by atoms with van der Waals surface area (Å²) in [6.45, 7) is 36.8. The molecule has 0 saturated carbocycles. The molecule has 306 valence electrons. The number of allylic oxidation sites excluding steroid dienone is 4. The second kappa shape index (κ2) is 12.9. The first-order valence-electron chi connectivity index (χ1n) is 19.3. The molecule has 0 amide bonds. The average molecular weight is 791 g/mol. The largest absolute Gasteiger partial charge is 0.506 e. The third-order valence-corrected chi connectivity index (χ3v) is 12.6. The molecule has 10 nitrogen and oxygen atoms in total. The fraction of sp³-hybridized carbons (Fsp3) is 0.417. The van der Waals surface area contributed by atoms with Gasteiger partial charge < -0.3 is 28.5 Å². The number of aromatic hydroxyl groups is 2. The van der Waals surface area contributed by atoms with E-state index in [1.54, 1.807) is 79.7 Å². The summed E-state index contributed by atoms with van der Waals surface area (Å²) in [6.07, 6.45) is 6.44. The van der Waals surface area contributed by atoms with E-state index in [-0.39, 0.29) is 55.7 Å². The zero-order chi connectivity index (χ0) is 43.6. The van der Waals surface area contributed by atoms with Crippen LogP contribution in [0.15, 0.2) is 81.2 Å². The van der Waals surface area contributed by atoms with E-state index < -0.39 is 79.0 Å². The number of phenols is 2. The molecule has 0 radical (unpaired) electrons. The van der Waals surface area contributed by atoms with Crippen molar-refractivity contribution in [3.63, 3.8) is 0 Å². The molecule has 4 aromatic rings. The van der Waals surface area contributed by atoms with Gasteiger partial charge in [-0.05, 0) is 39.8 Å². The maximum Gasteiger partial charge on any atom is 0.340 e. The molecule has 0 unspecified atom stereocenters. The fourth-order valence-corrected chi connectivity index (χ4v) is 8.46. The van der Waals surface area contributed by atoms with Gasteiger partial charge in [0.05, 0.1) is 22.6 Å². The average Bonchev–Trinajstić information content (AvgIpc) is 3.11. The lowest BCUT2D eigenvalue weighted by molar-refractivity contribution is -0.0472. The summed E-state index contributed by atoms with van der Waals surface area (Å²) in [5.41, 5.74) is -7.11. The van der Waals surface area contributed by atoms with Gasteiger partial charge in [-0.25, -0.2) is 9.59 Å². The van der Waals surface area contributed by atoms with Crippen molar-refractivity contribution >= 4 is 33.5 Å². The number of carbonyl (C=O) groups is 2. The predicted octanol–water partition coefficient (Wildman–Crippen LogP) is 9.80. The van der Waals surface area contributed by atoms with Gasteiger partial charge in [-0.2, -0.15) is 0 Å². The molecule has 0 saturated heterocycles. The minimum absolute atomic E-state index is 0.00124. The summed E-state index contributed by atoms with van der Waals surface area (Å²) in [6, 6.07) is 3.01. The monoisotopic (exact) mass is 790 g/mol. The van der Waals surface area contributed by atoms with Gasteiger partial charge in [0.1, 0.15) is 56.5 Å². The Morgan fingerprint density at radius 3 is 1.12 bits per heavy atom. The maximum atomic E-state index is 15.4. The molecule has 0 spiro atoms. The molecule has 6 rings (SSSR count). The number of Topliss-reactive ketones (excluding diaryl/α,β-unsaturated/α-hetero) is 2. The van der Waals surface area contributed by atoms with Crippen LogP contribution in [-0.2, 0) is 21.7 Å². The van der Waals surface area contributed by atoms with Gasteiger partial charge in [0.15, 0.2) is 11.6 Å². The van der Waals surface area contributed by atoms with Gasteiger partial charge in [-0.3, -0.25) is 9.59 Å². The first kappa shape index (κ1) is 42.0. The van der Waals surface area contributed by atoms with Crippen LogP contribution in [0.25, 0.3) is 21.9 Å². The van der Waals surface area contributed by atoms with Gasteiger partial charge in [0.25, 0.3) is 0 Å². The molecule has 2 N–H and O–H groups in total. The molecule has 2 atom stereocenters. The molecular weight excluding hydrogens is 737 g/mol. The molecular formula is C48H54O10. The van der Waals surface area contributed by atoms with Crippen LogP contribution < -0.4 is 20.7 Å². The van der Waals surface area contributed by atoms with Gasteiger partial charge in [0, 0.05) is 43.9 Å². The van der Waals surface area contributed by atoms with Crippen LogP contribution in [0.4, 0.5) is 0 Å². The van der Waals surface area contributed by atoms with Crippen molar-refractivity contribution < 1.29 is 38.1 Å². The van der Waals surface area contributed by atoms with Crippen molar-refractivity contribution in [1.82, 2.24) is 0 Å². The SMILES string of the molecule is C=CC(C)(C)c1cc2c(O)c3c(c(C(C)(C)C=C)c2oc1=O)OC(C)(C)[C@@H]([C@H]1C(=O)c2c(c(C(C)(C)C=C)c4oc(=O)c(C(C)(C)C=C)cc4c2O)OC1(C)C)C3=O. The van der Waals surface area contributed by atoms with E-state index in [9.17, 15) is 19.8 Å². The summed E-state index contributed by atoms with van der Waals surface area (Å²) in [4.78, 5) is 57.8. The zero-order valence-corrected chi connectivity index (χ0v) is 35.6. The number of ketones is 2. The van der Waals surface area contributed by atoms with Crippen molar-refractivity contribution in [3.05, 3.63) is 117 Å². The first-order chi connectivity index (χ1) is 26.6. The molecule has 2 aromatic carbocycles. The van der Waals surface area contributed by atoms with Crippen LogP contribution in [0.5, 0.6) is 23.0 Å². The number of ether oxygens (including phenoxy) is 2. The molecule has 10 heteroatoms. The molecule has 0 bridgehead atoms. The van der Waals surface area contributed by atoms with E-state index in [4.69, 9.17) is 18.3 Å². The third kappa shape index (κ3) is 5.89. The van der Waals surface area contributed by atoms with Gasteiger partial charge in [-0.1, -0.05) is 79.7 Å². The lowest BCUT2D eigenvalue weighted by Crippen LogP contribution is -2.60. The van der Waals surface area contributed by atoms with E-state index in [0.717, 1.165) is 0 Å². The maximum absolute atomic E-state index is 15.4. The number of rotatable bonds is 9. The van der Waals surface area contributed by atoms with Crippen molar-refractivity contribution in [3.8, 4) is 23.0 Å². The quantitative estimate of drug-likeness (QED) is 0.124. The lowest BCUT2D eigenvalue weighted by atomic mass is 9.63. The highest BCUT2D eigenvalue weighted by atomic mass is 16.5. The number of phenolic OH excluding ortho intramolecular Hbond substituents is 2. The number of benzene rings is 2. The number of hydrogen-bond acceptors (Lipinski definition) is 10. The number of carbonyl (C=O) groups excluding carboxylic acids is 2. The van der Waals surface area contributed by atoms with E-state index in [2.05, 4.69) is 26.3 Å². The van der Waals surface area contributed by atoms with Crippen LogP contribution in [0, 0.1) is 11.8 Å². The second-order valence-electron chi connectivity index (χ2n) is 19.0. The highest BCUT2D eigenvalue weighted by Gasteiger charge is 2.60. The molecule has 4 heterocycles. The molecule has 58 heavy (non-hydrogen) atoms. The number of fused-ring (bicyclic) bond motifs is 4. The van der Waals surface area contributed by atoms with E-state index in [0.29, 0.717) is 11.1 Å². The Morgan fingerprint density at radius 1 is 0.552 bits per heavy atom. The van der Waals surface area contributed by atoms with E-state index in [1.165, 1.54) is 12.1 Å². The number of hydrogen-bond donors (Lipinski definition) is 2. The summed E-state index contributed by atoms with van der Waals surface area (Å²) < 4.78 is 25.5. The van der Waals surface area contributed by atoms with Gasteiger partial charge >= 0.3 is 11.3 Å². The lowest BCUT2D eigenvalue weighted by Gasteiger charge is -2.50. The van der Waals surface area contributed by atoms with Crippen molar-refractivity contribution in [2.24, 2.45) is 11.8 Å². The van der Waals surface area contributed by atoms with Crippen LogP contribution in [0.1, 0.15) is 126 Å². The molecule has 0 aliphatic carbocycles. The molecule has 2 aliphatic rings. The normalized spacial score (nSPS) is 19.2. The first-order valence-corrected chi connectivity index (χ1v) is 19.3. The summed E-state index contributed by atoms with van der Waals surface area (Å²) in [7, 11) is 0. The smallest absolute Gasteiger partial charge is 0.340 e. The predicted molar refractivity (Wildman–Crippen MR) is 226 cm³/mol.